The molecule has 2 aliphatic heterocycles. The van der Waals surface area contributed by atoms with E-state index in [2.05, 4.69) is 20.4 Å². The van der Waals surface area contributed by atoms with Crippen LogP contribution in [0.4, 0.5) is 19.7 Å². The van der Waals surface area contributed by atoms with E-state index < -0.39 is 27.4 Å². The van der Waals surface area contributed by atoms with Gasteiger partial charge < -0.3 is 30.9 Å². The monoisotopic (exact) mass is 655 g/mol. The van der Waals surface area contributed by atoms with Gasteiger partial charge in [-0.2, -0.15) is 0 Å². The van der Waals surface area contributed by atoms with Crippen molar-refractivity contribution < 1.29 is 27.1 Å². The fourth-order valence-electron chi connectivity index (χ4n) is 8.41. The number of hydrogen-bond acceptors (Lipinski definition) is 7. The van der Waals surface area contributed by atoms with E-state index in [9.17, 15) is 22.4 Å². The molecule has 2 heterocycles. The molecule has 2 saturated carbocycles. The minimum Gasteiger partial charge on any atom is -0.453 e. The van der Waals surface area contributed by atoms with Crippen molar-refractivity contribution in [3.05, 3.63) is 59.9 Å². The number of benzene rings is 2. The first-order valence-corrected chi connectivity index (χ1v) is 18.1. The number of rotatable bonds is 11. The number of primary amides is 1. The Morgan fingerprint density at radius 2 is 1.74 bits per heavy atom. The van der Waals surface area contributed by atoms with Gasteiger partial charge in [-0.05, 0) is 105 Å². The van der Waals surface area contributed by atoms with Crippen LogP contribution < -0.4 is 21.3 Å². The van der Waals surface area contributed by atoms with Gasteiger partial charge in [0.1, 0.15) is 5.82 Å². The van der Waals surface area contributed by atoms with Crippen LogP contribution in [-0.2, 0) is 20.0 Å². The lowest BCUT2D eigenvalue weighted by Gasteiger charge is -2.51. The second kappa shape index (κ2) is 13.4. The number of piperidine rings is 1. The summed E-state index contributed by atoms with van der Waals surface area (Å²) in [5.41, 5.74) is 6.87. The zero-order valence-corrected chi connectivity index (χ0v) is 27.3. The van der Waals surface area contributed by atoms with Gasteiger partial charge in [0.05, 0.1) is 17.3 Å². The van der Waals surface area contributed by atoms with Crippen LogP contribution in [0, 0.1) is 23.6 Å². The van der Waals surface area contributed by atoms with E-state index in [-0.39, 0.29) is 35.5 Å². The van der Waals surface area contributed by atoms with Crippen molar-refractivity contribution >= 4 is 27.6 Å². The van der Waals surface area contributed by atoms with Crippen molar-refractivity contribution in [2.45, 2.75) is 66.5 Å². The highest BCUT2D eigenvalue weighted by molar-refractivity contribution is 7.92. The summed E-state index contributed by atoms with van der Waals surface area (Å²) in [7, 11) is -1.83. The molecule has 2 aromatic carbocycles. The molecule has 0 aromatic heterocycles. The number of alkyl carbamates (subject to hydrolysis) is 1. The zero-order valence-electron chi connectivity index (χ0n) is 26.5. The number of amides is 3. The number of sulfone groups is 1. The SMILES string of the molecule is COC(=O)N[C@H]1CCC[C@@H]1[C@](CNC(N)=O)(c1cccc(F)c1)C1CCN(CC2CN(c3ccc(S(=O)(=O)C4CC4)cc3)C2)CC1. The maximum absolute atomic E-state index is 14.8. The lowest BCUT2D eigenvalue weighted by molar-refractivity contribution is 0.0668. The van der Waals surface area contributed by atoms with Gasteiger partial charge in [0.15, 0.2) is 9.84 Å². The first kappa shape index (κ1) is 32.6. The number of nitrogens with one attached hydrogen (secondary N) is 2. The van der Waals surface area contributed by atoms with E-state index in [1.807, 2.05) is 18.2 Å². The van der Waals surface area contributed by atoms with Gasteiger partial charge in [0, 0.05) is 49.2 Å². The van der Waals surface area contributed by atoms with E-state index in [4.69, 9.17) is 10.5 Å². The normalized spacial score (nSPS) is 24.2. The second-order valence-electron chi connectivity index (χ2n) is 13.6. The molecule has 2 aromatic rings. The molecule has 0 unspecified atom stereocenters. The first-order chi connectivity index (χ1) is 22.1. The highest BCUT2D eigenvalue weighted by Crippen LogP contribution is 2.50. The molecule has 3 atom stereocenters. The molecule has 250 valence electrons. The molecule has 46 heavy (non-hydrogen) atoms. The highest BCUT2D eigenvalue weighted by atomic mass is 32.2. The smallest absolute Gasteiger partial charge is 0.407 e. The minimum absolute atomic E-state index is 0.0392. The molecule has 4 fully saturated rings. The fraction of sp³-hybridized carbons (Fsp3) is 0.588. The molecular weight excluding hydrogens is 609 g/mol. The lowest BCUT2D eigenvalue weighted by Crippen LogP contribution is -2.59. The summed E-state index contributed by atoms with van der Waals surface area (Å²) >= 11 is 0. The summed E-state index contributed by atoms with van der Waals surface area (Å²) in [5, 5.41) is 5.72. The van der Waals surface area contributed by atoms with Crippen LogP contribution in [0.2, 0.25) is 0 Å². The van der Waals surface area contributed by atoms with E-state index in [0.29, 0.717) is 10.8 Å². The third kappa shape index (κ3) is 6.69. The lowest BCUT2D eigenvalue weighted by atomic mass is 9.58. The maximum Gasteiger partial charge on any atom is 0.407 e. The summed E-state index contributed by atoms with van der Waals surface area (Å²) in [4.78, 5) is 29.6. The molecule has 10 nitrogen and oxygen atoms in total. The number of anilines is 1. The van der Waals surface area contributed by atoms with Crippen LogP contribution in [-0.4, -0.2) is 83.1 Å². The Bertz CT molecular complexity index is 1510. The third-order valence-electron chi connectivity index (χ3n) is 10.9. The second-order valence-corrected chi connectivity index (χ2v) is 15.9. The Morgan fingerprint density at radius 1 is 1.02 bits per heavy atom. The number of methoxy groups -OCH3 is 1. The summed E-state index contributed by atoms with van der Waals surface area (Å²) in [5.74, 6) is 0.274. The first-order valence-electron chi connectivity index (χ1n) is 16.5. The molecule has 4 aliphatic rings. The number of nitrogens with two attached hydrogens (primary N) is 1. The Labute approximate surface area is 271 Å². The predicted octanol–water partition coefficient (Wildman–Crippen LogP) is 4.04. The molecule has 12 heteroatoms. The predicted molar refractivity (Wildman–Crippen MR) is 174 cm³/mol. The van der Waals surface area contributed by atoms with Crippen molar-refractivity contribution in [1.82, 2.24) is 15.5 Å². The molecule has 2 saturated heterocycles. The summed E-state index contributed by atoms with van der Waals surface area (Å²) in [6.45, 7) is 4.84. The van der Waals surface area contributed by atoms with Gasteiger partial charge in [0.2, 0.25) is 0 Å². The molecule has 0 radical (unpaired) electrons. The van der Waals surface area contributed by atoms with Crippen molar-refractivity contribution in [2.75, 3.05) is 51.3 Å². The van der Waals surface area contributed by atoms with Gasteiger partial charge >= 0.3 is 12.1 Å². The number of likely N-dealkylation sites (tertiary alicyclic amines) is 1. The molecule has 4 N–H and O–H groups in total. The van der Waals surface area contributed by atoms with E-state index in [1.54, 1.807) is 24.3 Å². The van der Waals surface area contributed by atoms with Crippen molar-refractivity contribution in [2.24, 2.45) is 23.5 Å². The summed E-state index contributed by atoms with van der Waals surface area (Å²) < 4.78 is 44.8. The van der Waals surface area contributed by atoms with Crippen LogP contribution >= 0.6 is 0 Å². The summed E-state index contributed by atoms with van der Waals surface area (Å²) in [6, 6.07) is 13.2. The van der Waals surface area contributed by atoms with Crippen molar-refractivity contribution in [3.63, 3.8) is 0 Å². The van der Waals surface area contributed by atoms with Gasteiger partial charge in [-0.1, -0.05) is 18.6 Å². The third-order valence-corrected chi connectivity index (χ3v) is 13.1. The highest BCUT2D eigenvalue weighted by Gasteiger charge is 2.52. The van der Waals surface area contributed by atoms with Gasteiger partial charge in [0.25, 0.3) is 0 Å². The standard InChI is InChI=1S/C34H46FN5O5S/c1-45-33(42)38-31-7-3-6-30(31)34(22-37-32(36)41,25-4-2-5-26(35)18-25)24-14-16-39(17-15-24)19-23-20-40(21-23)27-8-10-28(11-9-27)46(43,44)29-12-13-29/h2,4-5,8-11,18,23-24,29-31H,3,6-7,12-17,19-22H2,1H3,(H,38,42)(H3,36,37,41)/t30-,31-,34-/m0/s1. The molecule has 2 aliphatic carbocycles. The number of hydrogen-bond donors (Lipinski definition) is 3. The average molecular weight is 656 g/mol. The van der Waals surface area contributed by atoms with Crippen molar-refractivity contribution in [1.29, 1.82) is 0 Å². The zero-order chi connectivity index (χ0) is 32.5. The number of ether oxygens (including phenoxy) is 1. The van der Waals surface area contributed by atoms with E-state index in [1.165, 1.54) is 13.2 Å². The Hall–Kier alpha value is -3.38. The van der Waals surface area contributed by atoms with Gasteiger partial charge in [-0.3, -0.25) is 0 Å². The molecule has 3 amide bonds. The van der Waals surface area contributed by atoms with Crippen LogP contribution in [0.1, 0.15) is 50.5 Å². The summed E-state index contributed by atoms with van der Waals surface area (Å²) in [6.07, 6.45) is 5.29. The van der Waals surface area contributed by atoms with Crippen LogP contribution in [0.3, 0.4) is 0 Å². The molecular formula is C34H46FN5O5S. The number of carbonyl (C=O) groups excluding carboxylic acids is 2. The molecule has 0 spiro atoms. The van der Waals surface area contributed by atoms with Gasteiger partial charge in [-0.25, -0.2) is 22.4 Å². The van der Waals surface area contributed by atoms with Crippen molar-refractivity contribution in [3.8, 4) is 0 Å². The number of halogens is 1. The maximum atomic E-state index is 14.8. The largest absolute Gasteiger partial charge is 0.453 e. The minimum atomic E-state index is -3.18. The van der Waals surface area contributed by atoms with Crippen LogP contribution in [0.25, 0.3) is 0 Å². The van der Waals surface area contributed by atoms with Gasteiger partial charge in [-0.15, -0.1) is 0 Å². The Morgan fingerprint density at radius 3 is 2.37 bits per heavy atom. The Kier molecular flexibility index (Phi) is 9.48. The quantitative estimate of drug-likeness (QED) is 0.333. The van der Waals surface area contributed by atoms with Crippen LogP contribution in [0.5, 0.6) is 0 Å². The van der Waals surface area contributed by atoms with E-state index >= 15 is 0 Å². The topological polar surface area (TPSA) is 134 Å². The Balaban J connectivity index is 1.13. The van der Waals surface area contributed by atoms with E-state index in [0.717, 1.165) is 88.9 Å². The number of urea groups is 1. The number of carbonyl (C=O) groups is 2. The average Bonchev–Trinajstić information content (AvgIpc) is 3.80. The fourth-order valence-corrected chi connectivity index (χ4v) is 10.1. The van der Waals surface area contributed by atoms with Crippen LogP contribution in [0.15, 0.2) is 53.4 Å². The number of nitrogens with zero attached hydrogens (tertiary/aromatic N) is 2. The molecule has 0 bridgehead atoms. The molecule has 6 rings (SSSR count).